The molecule has 1 aliphatic rings. The Morgan fingerprint density at radius 3 is 2.38 bits per heavy atom. The predicted molar refractivity (Wildman–Crippen MR) is 29.4 cm³/mol. The zero-order valence-corrected chi connectivity index (χ0v) is 4.76. The van der Waals surface area contributed by atoms with E-state index in [0.29, 0.717) is 6.42 Å². The Kier molecular flexibility index (Phi) is 1.34. The number of hydrogen-bond acceptors (Lipinski definition) is 2. The molecule has 0 bridgehead atoms. The lowest BCUT2D eigenvalue weighted by Crippen LogP contribution is -2.05. The van der Waals surface area contributed by atoms with Crippen LogP contribution < -0.4 is 0 Å². The summed E-state index contributed by atoms with van der Waals surface area (Å²) in [7, 11) is 0. The van der Waals surface area contributed by atoms with Crippen molar-refractivity contribution < 1.29 is 9.90 Å². The number of hydrogen-bond donors (Lipinski definition) is 1. The summed E-state index contributed by atoms with van der Waals surface area (Å²) in [6.45, 7) is 0.186. The van der Waals surface area contributed by atoms with Gasteiger partial charge in [0, 0.05) is 18.4 Å². The molecule has 0 heterocycles. The van der Waals surface area contributed by atoms with E-state index in [2.05, 4.69) is 0 Å². The second-order valence-corrected chi connectivity index (χ2v) is 2.53. The molecule has 0 aliphatic heterocycles. The van der Waals surface area contributed by atoms with E-state index in [4.69, 9.17) is 5.11 Å². The molecule has 0 spiro atoms. The SMILES string of the molecule is O=CCC1(CO)CC1. The van der Waals surface area contributed by atoms with Crippen LogP contribution in [0.4, 0.5) is 0 Å². The lowest BCUT2D eigenvalue weighted by Gasteiger charge is -2.02. The molecular weight excluding hydrogens is 104 g/mol. The maximum absolute atomic E-state index is 9.91. The predicted octanol–water partition coefficient (Wildman–Crippen LogP) is 0.348. The fraction of sp³-hybridized carbons (Fsp3) is 0.833. The first-order valence-corrected chi connectivity index (χ1v) is 2.87. The molecule has 0 unspecified atom stereocenters. The zero-order chi connectivity index (χ0) is 6.04. The smallest absolute Gasteiger partial charge is 0.120 e. The standard InChI is InChI=1S/C6H10O2/c7-4-3-6(5-8)1-2-6/h4,8H,1-3,5H2. The molecule has 0 atom stereocenters. The number of aliphatic hydroxyl groups is 1. The lowest BCUT2D eigenvalue weighted by molar-refractivity contribution is -0.109. The van der Waals surface area contributed by atoms with Crippen LogP contribution in [-0.2, 0) is 4.79 Å². The van der Waals surface area contributed by atoms with Gasteiger partial charge in [0.05, 0.1) is 0 Å². The molecule has 1 saturated carbocycles. The second-order valence-electron chi connectivity index (χ2n) is 2.53. The number of carbonyl (C=O) groups is 1. The van der Waals surface area contributed by atoms with Gasteiger partial charge in [-0.2, -0.15) is 0 Å². The van der Waals surface area contributed by atoms with Gasteiger partial charge in [-0.1, -0.05) is 0 Å². The zero-order valence-electron chi connectivity index (χ0n) is 4.76. The highest BCUT2D eigenvalue weighted by atomic mass is 16.3. The van der Waals surface area contributed by atoms with Crippen molar-refractivity contribution in [2.75, 3.05) is 6.61 Å². The average Bonchev–Trinajstić information content (AvgIpc) is 2.50. The van der Waals surface area contributed by atoms with Gasteiger partial charge in [0.1, 0.15) is 6.29 Å². The van der Waals surface area contributed by atoms with Crippen LogP contribution in [0.25, 0.3) is 0 Å². The molecule has 8 heavy (non-hydrogen) atoms. The van der Waals surface area contributed by atoms with E-state index < -0.39 is 0 Å². The van der Waals surface area contributed by atoms with E-state index in [0.717, 1.165) is 19.1 Å². The lowest BCUT2D eigenvalue weighted by atomic mass is 10.1. The maximum atomic E-state index is 9.91. The molecule has 1 rings (SSSR count). The van der Waals surface area contributed by atoms with Gasteiger partial charge in [0.2, 0.25) is 0 Å². The molecule has 2 heteroatoms. The number of aldehydes is 1. The summed E-state index contributed by atoms with van der Waals surface area (Å²) in [5.41, 5.74) is 0.0295. The quantitative estimate of drug-likeness (QED) is 0.537. The first-order chi connectivity index (χ1) is 3.83. The molecule has 1 N–H and O–H groups in total. The second kappa shape index (κ2) is 1.86. The number of carbonyl (C=O) groups excluding carboxylic acids is 1. The van der Waals surface area contributed by atoms with Crippen molar-refractivity contribution in [1.82, 2.24) is 0 Å². The van der Waals surface area contributed by atoms with Crippen LogP contribution in [0.5, 0.6) is 0 Å². The highest BCUT2D eigenvalue weighted by molar-refractivity contribution is 5.51. The molecule has 46 valence electrons. The van der Waals surface area contributed by atoms with Gasteiger partial charge in [-0.25, -0.2) is 0 Å². The summed E-state index contributed by atoms with van der Waals surface area (Å²) < 4.78 is 0. The summed E-state index contributed by atoms with van der Waals surface area (Å²) in [5.74, 6) is 0. The van der Waals surface area contributed by atoms with Crippen molar-refractivity contribution in [1.29, 1.82) is 0 Å². The molecule has 0 radical (unpaired) electrons. The van der Waals surface area contributed by atoms with Crippen molar-refractivity contribution in [2.24, 2.45) is 5.41 Å². The van der Waals surface area contributed by atoms with Gasteiger partial charge >= 0.3 is 0 Å². The topological polar surface area (TPSA) is 37.3 Å². The minimum Gasteiger partial charge on any atom is -0.396 e. The molecule has 2 nitrogen and oxygen atoms in total. The molecule has 0 aromatic carbocycles. The monoisotopic (exact) mass is 114 g/mol. The van der Waals surface area contributed by atoms with E-state index in [1.165, 1.54) is 0 Å². The van der Waals surface area contributed by atoms with Gasteiger partial charge in [-0.15, -0.1) is 0 Å². The van der Waals surface area contributed by atoms with Gasteiger partial charge in [-0.05, 0) is 12.8 Å². The average molecular weight is 114 g/mol. The Balaban J connectivity index is 2.29. The van der Waals surface area contributed by atoms with E-state index in [9.17, 15) is 4.79 Å². The van der Waals surface area contributed by atoms with Crippen LogP contribution in [0.1, 0.15) is 19.3 Å². The molecular formula is C6H10O2. The summed E-state index contributed by atoms with van der Waals surface area (Å²) in [5, 5.41) is 8.63. The van der Waals surface area contributed by atoms with E-state index >= 15 is 0 Å². The van der Waals surface area contributed by atoms with Crippen LogP contribution in [-0.4, -0.2) is 18.0 Å². The summed E-state index contributed by atoms with van der Waals surface area (Å²) in [6.07, 6.45) is 3.50. The number of aliphatic hydroxyl groups excluding tert-OH is 1. The Bertz CT molecular complexity index is 94.7. The summed E-state index contributed by atoms with van der Waals surface area (Å²) in [6, 6.07) is 0. The maximum Gasteiger partial charge on any atom is 0.120 e. The van der Waals surface area contributed by atoms with Gasteiger partial charge in [0.25, 0.3) is 0 Å². The fourth-order valence-corrected chi connectivity index (χ4v) is 0.780. The summed E-state index contributed by atoms with van der Waals surface area (Å²) in [4.78, 5) is 9.91. The first-order valence-electron chi connectivity index (χ1n) is 2.87. The molecule has 0 aromatic heterocycles. The highest BCUT2D eigenvalue weighted by Crippen LogP contribution is 2.47. The Labute approximate surface area is 48.5 Å². The minimum absolute atomic E-state index is 0.0295. The highest BCUT2D eigenvalue weighted by Gasteiger charge is 2.41. The largest absolute Gasteiger partial charge is 0.396 e. The van der Waals surface area contributed by atoms with Crippen molar-refractivity contribution >= 4 is 6.29 Å². The van der Waals surface area contributed by atoms with Gasteiger partial charge < -0.3 is 9.90 Å². The third kappa shape index (κ3) is 0.892. The van der Waals surface area contributed by atoms with E-state index in [1.807, 2.05) is 0 Å². The Hall–Kier alpha value is -0.370. The fourth-order valence-electron chi connectivity index (χ4n) is 0.780. The minimum atomic E-state index is 0.0295. The van der Waals surface area contributed by atoms with Crippen molar-refractivity contribution in [2.45, 2.75) is 19.3 Å². The molecule has 0 amide bonds. The van der Waals surface area contributed by atoms with Crippen LogP contribution in [0, 0.1) is 5.41 Å². The molecule has 0 saturated heterocycles. The third-order valence-electron chi connectivity index (χ3n) is 1.81. The van der Waals surface area contributed by atoms with Crippen LogP contribution in [0.3, 0.4) is 0 Å². The van der Waals surface area contributed by atoms with Crippen LogP contribution >= 0.6 is 0 Å². The Morgan fingerprint density at radius 2 is 2.25 bits per heavy atom. The van der Waals surface area contributed by atoms with Crippen molar-refractivity contribution in [3.63, 3.8) is 0 Å². The van der Waals surface area contributed by atoms with Crippen LogP contribution in [0.2, 0.25) is 0 Å². The van der Waals surface area contributed by atoms with Gasteiger partial charge in [0.15, 0.2) is 0 Å². The molecule has 1 aliphatic carbocycles. The molecule has 0 aromatic rings. The van der Waals surface area contributed by atoms with Crippen LogP contribution in [0.15, 0.2) is 0 Å². The van der Waals surface area contributed by atoms with Crippen molar-refractivity contribution in [3.8, 4) is 0 Å². The van der Waals surface area contributed by atoms with E-state index in [1.54, 1.807) is 0 Å². The first kappa shape index (κ1) is 5.76. The molecule has 1 fully saturated rings. The normalized spacial score (nSPS) is 22.6. The number of rotatable bonds is 3. The third-order valence-corrected chi connectivity index (χ3v) is 1.81. The van der Waals surface area contributed by atoms with E-state index in [-0.39, 0.29) is 12.0 Å². The van der Waals surface area contributed by atoms with Gasteiger partial charge in [-0.3, -0.25) is 0 Å². The summed E-state index contributed by atoms with van der Waals surface area (Å²) >= 11 is 0. The Morgan fingerprint density at radius 1 is 1.62 bits per heavy atom. The van der Waals surface area contributed by atoms with Crippen molar-refractivity contribution in [3.05, 3.63) is 0 Å².